The summed E-state index contributed by atoms with van der Waals surface area (Å²) in [5.41, 5.74) is 1.44. The Morgan fingerprint density at radius 2 is 2.00 bits per heavy atom. The van der Waals surface area contributed by atoms with Crippen LogP contribution < -0.4 is 0 Å². The quantitative estimate of drug-likeness (QED) is 0.842. The van der Waals surface area contributed by atoms with E-state index in [2.05, 4.69) is 24.2 Å². The summed E-state index contributed by atoms with van der Waals surface area (Å²) in [6.07, 6.45) is 3.08. The van der Waals surface area contributed by atoms with Gasteiger partial charge in [0.2, 0.25) is 0 Å². The van der Waals surface area contributed by atoms with Crippen molar-refractivity contribution in [3.8, 4) is 0 Å². The van der Waals surface area contributed by atoms with E-state index in [-0.39, 0.29) is 12.0 Å². The molecule has 0 unspecified atom stereocenters. The summed E-state index contributed by atoms with van der Waals surface area (Å²) in [5, 5.41) is 4.03. The number of methoxy groups -OCH3 is 1. The van der Waals surface area contributed by atoms with Crippen LogP contribution in [0.1, 0.15) is 41.6 Å². The second-order valence-corrected chi connectivity index (χ2v) is 7.42. The van der Waals surface area contributed by atoms with Gasteiger partial charge < -0.3 is 19.1 Å². The molecule has 0 bridgehead atoms. The van der Waals surface area contributed by atoms with E-state index in [1.54, 1.807) is 7.11 Å². The minimum atomic E-state index is 0.0790. The molecule has 1 aliphatic carbocycles. The van der Waals surface area contributed by atoms with Crippen LogP contribution >= 0.6 is 0 Å². The standard InChI is InChI=1S/C18H29N3O3/c1-6-14-17(11(2)24-19-14)18(22)21-9-12-7-15(20(3)4)16(23-5)8-13(12)10-21/h12-13,15-16H,6-10H2,1-5H3/t12-,13+,15-,16-/m1/s1. The second-order valence-electron chi connectivity index (χ2n) is 7.42. The molecule has 1 aromatic heterocycles. The molecule has 1 saturated carbocycles. The average Bonchev–Trinajstić information content (AvgIpc) is 3.15. The molecule has 4 atom stereocenters. The van der Waals surface area contributed by atoms with Gasteiger partial charge in [0.1, 0.15) is 11.3 Å². The molecule has 0 radical (unpaired) electrons. The van der Waals surface area contributed by atoms with Gasteiger partial charge in [-0.1, -0.05) is 12.1 Å². The molecule has 0 spiro atoms. The largest absolute Gasteiger partial charge is 0.380 e. The van der Waals surface area contributed by atoms with Crippen LogP contribution in [0.5, 0.6) is 0 Å². The molecule has 0 N–H and O–H groups in total. The van der Waals surface area contributed by atoms with Crippen molar-refractivity contribution in [3.05, 3.63) is 17.0 Å². The first kappa shape index (κ1) is 17.4. The highest BCUT2D eigenvalue weighted by Crippen LogP contribution is 2.39. The number of hydrogen-bond donors (Lipinski definition) is 0. The molecular weight excluding hydrogens is 306 g/mol. The fourth-order valence-electron chi connectivity index (χ4n) is 4.44. The van der Waals surface area contributed by atoms with Crippen LogP contribution in [-0.2, 0) is 11.2 Å². The van der Waals surface area contributed by atoms with E-state index in [1.165, 1.54) is 0 Å². The molecule has 0 aromatic carbocycles. The van der Waals surface area contributed by atoms with Gasteiger partial charge in [0.15, 0.2) is 0 Å². The topological polar surface area (TPSA) is 58.8 Å². The predicted octanol–water partition coefficient (Wildman–Crippen LogP) is 1.97. The van der Waals surface area contributed by atoms with Crippen molar-refractivity contribution >= 4 is 5.91 Å². The Morgan fingerprint density at radius 1 is 1.33 bits per heavy atom. The maximum Gasteiger partial charge on any atom is 0.259 e. The Labute approximate surface area is 144 Å². The van der Waals surface area contributed by atoms with Crippen LogP contribution in [0.4, 0.5) is 0 Å². The molecule has 2 heterocycles. The van der Waals surface area contributed by atoms with E-state index in [1.807, 2.05) is 18.7 Å². The third-order valence-corrected chi connectivity index (χ3v) is 5.82. The van der Waals surface area contributed by atoms with Crippen molar-refractivity contribution < 1.29 is 14.1 Å². The molecule has 134 valence electrons. The SMILES string of the molecule is CCc1noc(C)c1C(=O)N1C[C@H]2C[C@@H](N(C)C)[C@H](OC)C[C@H]2C1. The van der Waals surface area contributed by atoms with Crippen molar-refractivity contribution in [2.75, 3.05) is 34.3 Å². The Hall–Kier alpha value is -1.40. The summed E-state index contributed by atoms with van der Waals surface area (Å²) >= 11 is 0. The number of amides is 1. The highest BCUT2D eigenvalue weighted by atomic mass is 16.5. The third kappa shape index (κ3) is 2.97. The van der Waals surface area contributed by atoms with Gasteiger partial charge in [-0.05, 0) is 52.1 Å². The van der Waals surface area contributed by atoms with Crippen LogP contribution in [0.2, 0.25) is 0 Å². The number of rotatable bonds is 4. The number of likely N-dealkylation sites (N-methyl/N-ethyl adjacent to an activating group) is 1. The summed E-state index contributed by atoms with van der Waals surface area (Å²) in [6, 6.07) is 0.426. The Bertz CT molecular complexity index is 598. The lowest BCUT2D eigenvalue weighted by atomic mass is 9.77. The summed E-state index contributed by atoms with van der Waals surface area (Å²) in [4.78, 5) is 17.3. The highest BCUT2D eigenvalue weighted by Gasteiger charge is 2.44. The van der Waals surface area contributed by atoms with Crippen molar-refractivity contribution in [1.82, 2.24) is 15.0 Å². The molecule has 24 heavy (non-hydrogen) atoms. The van der Waals surface area contributed by atoms with E-state index < -0.39 is 0 Å². The second kappa shape index (κ2) is 6.84. The first-order chi connectivity index (χ1) is 11.5. The van der Waals surface area contributed by atoms with Crippen LogP contribution in [0.15, 0.2) is 4.52 Å². The number of aromatic nitrogens is 1. The van der Waals surface area contributed by atoms with Gasteiger partial charge in [0.05, 0.1) is 11.8 Å². The number of hydrogen-bond acceptors (Lipinski definition) is 5. The minimum Gasteiger partial charge on any atom is -0.380 e. The van der Waals surface area contributed by atoms with Crippen molar-refractivity contribution in [2.24, 2.45) is 11.8 Å². The smallest absolute Gasteiger partial charge is 0.259 e. The minimum absolute atomic E-state index is 0.0790. The number of aryl methyl sites for hydroxylation is 2. The lowest BCUT2D eigenvalue weighted by Crippen LogP contribution is -2.47. The van der Waals surface area contributed by atoms with Gasteiger partial charge in [-0.15, -0.1) is 0 Å². The van der Waals surface area contributed by atoms with E-state index in [0.717, 1.165) is 31.6 Å². The summed E-state index contributed by atoms with van der Waals surface area (Å²) in [5.74, 6) is 1.79. The Kier molecular flexibility index (Phi) is 4.97. The van der Waals surface area contributed by atoms with Gasteiger partial charge in [0.25, 0.3) is 5.91 Å². The lowest BCUT2D eigenvalue weighted by molar-refractivity contribution is -0.0209. The lowest BCUT2D eigenvalue weighted by Gasteiger charge is -2.40. The number of nitrogens with zero attached hydrogens (tertiary/aromatic N) is 3. The van der Waals surface area contributed by atoms with E-state index in [4.69, 9.17) is 9.26 Å². The zero-order chi connectivity index (χ0) is 17.4. The molecule has 6 nitrogen and oxygen atoms in total. The summed E-state index contributed by atoms with van der Waals surface area (Å²) < 4.78 is 11.0. The van der Waals surface area contributed by atoms with Gasteiger partial charge in [-0.25, -0.2) is 0 Å². The normalized spacial score (nSPS) is 30.0. The average molecular weight is 335 g/mol. The van der Waals surface area contributed by atoms with Crippen LogP contribution in [-0.4, -0.2) is 67.3 Å². The Morgan fingerprint density at radius 3 is 2.58 bits per heavy atom. The number of fused-ring (bicyclic) bond motifs is 1. The summed E-state index contributed by atoms with van der Waals surface area (Å²) in [6.45, 7) is 5.48. The zero-order valence-electron chi connectivity index (χ0n) is 15.4. The fourth-order valence-corrected chi connectivity index (χ4v) is 4.44. The van der Waals surface area contributed by atoms with Crippen molar-refractivity contribution in [1.29, 1.82) is 0 Å². The van der Waals surface area contributed by atoms with E-state index in [0.29, 0.717) is 35.6 Å². The number of carbonyl (C=O) groups is 1. The van der Waals surface area contributed by atoms with Crippen molar-refractivity contribution in [3.63, 3.8) is 0 Å². The number of ether oxygens (including phenoxy) is 1. The van der Waals surface area contributed by atoms with Crippen LogP contribution in [0.25, 0.3) is 0 Å². The number of likely N-dealkylation sites (tertiary alicyclic amines) is 1. The monoisotopic (exact) mass is 335 g/mol. The first-order valence-electron chi connectivity index (χ1n) is 8.89. The van der Waals surface area contributed by atoms with E-state index >= 15 is 0 Å². The van der Waals surface area contributed by atoms with Gasteiger partial charge in [-0.3, -0.25) is 4.79 Å². The van der Waals surface area contributed by atoms with Crippen LogP contribution in [0.3, 0.4) is 0 Å². The van der Waals surface area contributed by atoms with Gasteiger partial charge in [-0.2, -0.15) is 0 Å². The zero-order valence-corrected chi connectivity index (χ0v) is 15.4. The Balaban J connectivity index is 1.75. The molecule has 2 fully saturated rings. The first-order valence-corrected chi connectivity index (χ1v) is 8.89. The van der Waals surface area contributed by atoms with Gasteiger partial charge >= 0.3 is 0 Å². The number of carbonyl (C=O) groups excluding carboxylic acids is 1. The third-order valence-electron chi connectivity index (χ3n) is 5.82. The van der Waals surface area contributed by atoms with Crippen LogP contribution in [0, 0.1) is 18.8 Å². The molecule has 3 rings (SSSR count). The van der Waals surface area contributed by atoms with Gasteiger partial charge in [0, 0.05) is 26.2 Å². The molecule has 6 heteroatoms. The maximum atomic E-state index is 13.0. The maximum absolute atomic E-state index is 13.0. The molecule has 1 aromatic rings. The predicted molar refractivity (Wildman–Crippen MR) is 91.0 cm³/mol. The van der Waals surface area contributed by atoms with Crippen molar-refractivity contribution in [2.45, 2.75) is 45.3 Å². The molecule has 1 saturated heterocycles. The fraction of sp³-hybridized carbons (Fsp3) is 0.778. The molecule has 1 aliphatic heterocycles. The molecule has 1 amide bonds. The highest BCUT2D eigenvalue weighted by molar-refractivity contribution is 5.96. The van der Waals surface area contributed by atoms with E-state index in [9.17, 15) is 4.79 Å². The molecule has 2 aliphatic rings. The molecular formula is C18H29N3O3. The summed E-state index contributed by atoms with van der Waals surface area (Å²) in [7, 11) is 6.03.